The lowest BCUT2D eigenvalue weighted by molar-refractivity contribution is -0.162. The van der Waals surface area contributed by atoms with Crippen LogP contribution in [0.5, 0.6) is 0 Å². The summed E-state index contributed by atoms with van der Waals surface area (Å²) in [5.41, 5.74) is -3.98. The van der Waals surface area contributed by atoms with E-state index in [0.717, 1.165) is 23.3 Å². The molecule has 1 aliphatic rings. The minimum absolute atomic E-state index is 0.122. The zero-order valence-corrected chi connectivity index (χ0v) is 29.1. The number of benzene rings is 4. The fraction of sp³-hybridized carbons (Fsp3) is 0.368. The molecule has 0 aliphatic carbocycles. The maximum atomic E-state index is 14.3. The molecule has 1 saturated heterocycles. The zero-order chi connectivity index (χ0) is 36.3. The normalized spacial score (nSPS) is 17.4. The fourth-order valence-electron chi connectivity index (χ4n) is 7.05. The van der Waals surface area contributed by atoms with Crippen molar-refractivity contribution in [2.45, 2.75) is 55.4 Å². The van der Waals surface area contributed by atoms with Crippen LogP contribution in [0.4, 0.5) is 26.3 Å². The van der Waals surface area contributed by atoms with Crippen molar-refractivity contribution in [2.24, 2.45) is 0 Å². The van der Waals surface area contributed by atoms with E-state index in [4.69, 9.17) is 27.9 Å². The third-order valence-electron chi connectivity index (χ3n) is 9.69. The molecule has 1 heterocycles. The molecule has 268 valence electrons. The van der Waals surface area contributed by atoms with E-state index in [-0.39, 0.29) is 34.6 Å². The van der Waals surface area contributed by atoms with Gasteiger partial charge in [-0.3, -0.25) is 4.90 Å². The first-order valence-electron chi connectivity index (χ1n) is 16.1. The number of likely N-dealkylation sites (N-methyl/N-ethyl adjacent to an activating group) is 1. The third-order valence-corrected chi connectivity index (χ3v) is 10.4. The van der Waals surface area contributed by atoms with Crippen LogP contribution >= 0.6 is 23.2 Å². The van der Waals surface area contributed by atoms with Crippen LogP contribution in [0.1, 0.15) is 58.6 Å². The molecule has 4 aromatic rings. The van der Waals surface area contributed by atoms with Gasteiger partial charge in [-0.15, -0.1) is 0 Å². The van der Waals surface area contributed by atoms with Gasteiger partial charge >= 0.3 is 12.4 Å². The lowest BCUT2D eigenvalue weighted by Crippen LogP contribution is -2.51. The summed E-state index contributed by atoms with van der Waals surface area (Å²) in [5, 5.41) is 11.8. The van der Waals surface area contributed by atoms with Crippen LogP contribution in [0.2, 0.25) is 10.0 Å². The van der Waals surface area contributed by atoms with Crippen LogP contribution in [0.25, 0.3) is 0 Å². The van der Waals surface area contributed by atoms with Gasteiger partial charge in [0.15, 0.2) is 5.72 Å². The minimum Gasteiger partial charge on any atom is -0.385 e. The van der Waals surface area contributed by atoms with Crippen LogP contribution in [0.3, 0.4) is 0 Å². The molecule has 2 unspecified atom stereocenters. The number of hydrogen-bond donors (Lipinski definition) is 1. The zero-order valence-electron chi connectivity index (χ0n) is 27.5. The minimum atomic E-state index is -5.07. The molecule has 1 N–H and O–H groups in total. The van der Waals surface area contributed by atoms with Gasteiger partial charge in [0.25, 0.3) is 0 Å². The van der Waals surface area contributed by atoms with Crippen molar-refractivity contribution in [3.05, 3.63) is 140 Å². The molecule has 12 heteroatoms. The van der Waals surface area contributed by atoms with Crippen LogP contribution < -0.4 is 0 Å². The van der Waals surface area contributed by atoms with Gasteiger partial charge in [-0.1, -0.05) is 89.9 Å². The van der Waals surface area contributed by atoms with Crippen LogP contribution in [-0.2, 0) is 35.0 Å². The molecule has 0 amide bonds. The molecule has 1 aliphatic heterocycles. The number of aliphatic hydroxyl groups is 1. The number of halogens is 8. The Balaban J connectivity index is 1.63. The van der Waals surface area contributed by atoms with Crippen molar-refractivity contribution >= 4 is 23.2 Å². The number of alkyl halides is 6. The summed E-state index contributed by atoms with van der Waals surface area (Å²) in [5.74, 6) is -0.851. The van der Waals surface area contributed by atoms with Crippen molar-refractivity contribution in [1.29, 1.82) is 0 Å². The predicted octanol–water partition coefficient (Wildman–Crippen LogP) is 10.1. The van der Waals surface area contributed by atoms with Gasteiger partial charge < -0.3 is 14.7 Å². The molecule has 1 fully saturated rings. The first kappa shape index (κ1) is 38.1. The van der Waals surface area contributed by atoms with Gasteiger partial charge in [-0.2, -0.15) is 26.3 Å². The molecule has 0 bridgehead atoms. The molecule has 0 aromatic heterocycles. The molecule has 2 atom stereocenters. The van der Waals surface area contributed by atoms with Crippen LogP contribution in [-0.4, -0.2) is 48.7 Å². The van der Waals surface area contributed by atoms with Gasteiger partial charge in [0.2, 0.25) is 0 Å². The lowest BCUT2D eigenvalue weighted by atomic mass is 9.78. The summed E-state index contributed by atoms with van der Waals surface area (Å²) in [6, 6.07) is 24.9. The molecule has 4 nitrogen and oxygen atoms in total. The van der Waals surface area contributed by atoms with Crippen LogP contribution in [0.15, 0.2) is 97.1 Å². The Bertz CT molecular complexity index is 1700. The van der Waals surface area contributed by atoms with E-state index in [1.807, 2.05) is 48.5 Å². The van der Waals surface area contributed by atoms with Gasteiger partial charge in [-0.05, 0) is 79.9 Å². The highest BCUT2D eigenvalue weighted by molar-refractivity contribution is 6.42. The summed E-state index contributed by atoms with van der Waals surface area (Å²) in [6.45, 7) is 1.55. The molecular weight excluding hydrogens is 701 g/mol. The SMILES string of the molecule is COC(c1cc(C(F)(F)F)cc(C(F)(F)F)c1)(C(CCN1CCC(O)(c2ccccc2)CC1)c1ccc(Cl)c(Cl)c1)N(C)Cc1ccccc1. The summed E-state index contributed by atoms with van der Waals surface area (Å²) < 4.78 is 92.0. The third kappa shape index (κ3) is 8.33. The van der Waals surface area contributed by atoms with Crippen molar-refractivity contribution in [2.75, 3.05) is 33.8 Å². The Labute approximate surface area is 298 Å². The highest BCUT2D eigenvalue weighted by Crippen LogP contribution is 2.49. The average molecular weight is 740 g/mol. The topological polar surface area (TPSA) is 35.9 Å². The highest BCUT2D eigenvalue weighted by Gasteiger charge is 2.48. The lowest BCUT2D eigenvalue weighted by Gasteiger charge is -2.48. The second-order valence-electron chi connectivity index (χ2n) is 12.8. The average Bonchev–Trinajstić information content (AvgIpc) is 3.08. The summed E-state index contributed by atoms with van der Waals surface area (Å²) in [7, 11) is 2.91. The van der Waals surface area contributed by atoms with Gasteiger partial charge in [0.05, 0.1) is 26.8 Å². The van der Waals surface area contributed by atoms with E-state index in [2.05, 4.69) is 4.90 Å². The predicted molar refractivity (Wildman–Crippen MR) is 183 cm³/mol. The van der Waals surface area contributed by atoms with Crippen molar-refractivity contribution in [3.63, 3.8) is 0 Å². The van der Waals surface area contributed by atoms with Crippen LogP contribution in [0, 0.1) is 0 Å². The molecule has 0 saturated carbocycles. The largest absolute Gasteiger partial charge is 0.416 e. The van der Waals surface area contributed by atoms with E-state index >= 15 is 0 Å². The Morgan fingerprint density at radius 3 is 1.84 bits per heavy atom. The van der Waals surface area contributed by atoms with Crippen molar-refractivity contribution in [1.82, 2.24) is 9.80 Å². The number of hydrogen-bond acceptors (Lipinski definition) is 4. The Morgan fingerprint density at radius 1 is 0.780 bits per heavy atom. The number of rotatable bonds is 11. The second kappa shape index (κ2) is 15.2. The van der Waals surface area contributed by atoms with Gasteiger partial charge in [-0.25, -0.2) is 0 Å². The quantitative estimate of drug-likeness (QED) is 0.123. The summed E-state index contributed by atoms with van der Waals surface area (Å²) >= 11 is 12.8. The van der Waals surface area contributed by atoms with E-state index in [1.54, 1.807) is 42.3 Å². The second-order valence-corrected chi connectivity index (χ2v) is 13.6. The van der Waals surface area contributed by atoms with Crippen molar-refractivity contribution < 1.29 is 36.2 Å². The Hall–Kier alpha value is -3.12. The van der Waals surface area contributed by atoms with E-state index in [1.165, 1.54) is 7.11 Å². The molecule has 5 rings (SSSR count). The maximum absolute atomic E-state index is 14.3. The number of nitrogens with zero attached hydrogens (tertiary/aromatic N) is 2. The standard InChI is InChI=1S/C38H38Cl2F6N2O2/c1-47(25-26-9-5-3-6-10-26)36(50-2,29-22-30(37(41,42)43)24-31(23-29)38(44,45)46)32(27-13-14-33(39)34(40)21-27)15-18-48-19-16-35(49,17-20-48)28-11-7-4-8-12-28/h3-14,21-24,32,49H,15-20,25H2,1-2H3. The highest BCUT2D eigenvalue weighted by atomic mass is 35.5. The molecule has 4 aromatic carbocycles. The number of likely N-dealkylation sites (tertiary alicyclic amines) is 1. The van der Waals surface area contributed by atoms with E-state index in [9.17, 15) is 31.4 Å². The fourth-order valence-corrected chi connectivity index (χ4v) is 7.36. The first-order valence-corrected chi connectivity index (χ1v) is 16.9. The van der Waals surface area contributed by atoms with Gasteiger partial charge in [0, 0.05) is 38.2 Å². The molecule has 50 heavy (non-hydrogen) atoms. The number of piperidine rings is 1. The summed E-state index contributed by atoms with van der Waals surface area (Å²) in [6.07, 6.45) is -9.02. The van der Waals surface area contributed by atoms with E-state index < -0.39 is 40.7 Å². The maximum Gasteiger partial charge on any atom is 0.416 e. The smallest absolute Gasteiger partial charge is 0.385 e. The van der Waals surface area contributed by atoms with Gasteiger partial charge in [0.1, 0.15) is 0 Å². The number of methoxy groups -OCH3 is 1. The molecular formula is C38H38Cl2F6N2O2. The summed E-state index contributed by atoms with van der Waals surface area (Å²) in [4.78, 5) is 3.78. The monoisotopic (exact) mass is 738 g/mol. The van der Waals surface area contributed by atoms with E-state index in [0.29, 0.717) is 38.0 Å². The van der Waals surface area contributed by atoms with Crippen molar-refractivity contribution in [3.8, 4) is 0 Å². The molecule has 0 spiro atoms. The Morgan fingerprint density at radius 2 is 1.32 bits per heavy atom. The first-order chi connectivity index (χ1) is 23.6. The Kier molecular flexibility index (Phi) is 11.6. The molecule has 0 radical (unpaired) electrons. The number of ether oxygens (including phenoxy) is 1.